The number of carbonyl (C=O) groups excluding carboxylic acids is 2. The van der Waals surface area contributed by atoms with E-state index in [0.717, 1.165) is 38.9 Å². The number of rotatable bonds is 5. The lowest BCUT2D eigenvalue weighted by Crippen LogP contribution is -2.43. The Labute approximate surface area is 210 Å². The lowest BCUT2D eigenvalue weighted by atomic mass is 9.88. The Morgan fingerprint density at radius 3 is 2.49 bits per heavy atom. The minimum Gasteiger partial charge on any atom is -0.506 e. The topological polar surface area (TPSA) is 72.9 Å². The highest BCUT2D eigenvalue weighted by molar-refractivity contribution is 6.32. The van der Waals surface area contributed by atoms with E-state index in [1.807, 2.05) is 4.90 Å². The number of carbonyl (C=O) groups is 2. The monoisotopic (exact) mass is 491 g/mol. The standard InChI is InChI=1S/C28H30ClN3O3/c29-25-16-24(7-8-26(25)33)30-28(35)23-9-12-31(17-23)18-27(34)32-13-10-20(11-14-32)22-6-5-19-3-1-2-4-21(19)15-22/h1-8,15-16,20,23,33H,9-14,17-18H2,(H,30,35)/t23-/m1/s1. The second kappa shape index (κ2) is 10.3. The van der Waals surface area contributed by atoms with Crippen LogP contribution in [0.5, 0.6) is 5.75 Å². The van der Waals surface area contributed by atoms with Crippen LogP contribution in [0, 0.1) is 5.92 Å². The molecular weight excluding hydrogens is 462 g/mol. The minimum absolute atomic E-state index is 0.0171. The summed E-state index contributed by atoms with van der Waals surface area (Å²) in [6.45, 7) is 3.20. The van der Waals surface area contributed by atoms with E-state index in [9.17, 15) is 14.7 Å². The van der Waals surface area contributed by atoms with E-state index in [4.69, 9.17) is 11.6 Å². The zero-order valence-corrected chi connectivity index (χ0v) is 20.4. The molecule has 2 N–H and O–H groups in total. The highest BCUT2D eigenvalue weighted by Gasteiger charge is 2.31. The third-order valence-corrected chi connectivity index (χ3v) is 7.61. The molecule has 7 heteroatoms. The van der Waals surface area contributed by atoms with E-state index in [2.05, 4.69) is 52.7 Å². The Balaban J connectivity index is 1.10. The summed E-state index contributed by atoms with van der Waals surface area (Å²) < 4.78 is 0. The van der Waals surface area contributed by atoms with Crippen molar-refractivity contribution in [2.45, 2.75) is 25.2 Å². The summed E-state index contributed by atoms with van der Waals surface area (Å²) in [5.41, 5.74) is 1.92. The highest BCUT2D eigenvalue weighted by atomic mass is 35.5. The smallest absolute Gasteiger partial charge is 0.236 e. The fourth-order valence-corrected chi connectivity index (χ4v) is 5.42. The summed E-state index contributed by atoms with van der Waals surface area (Å²) >= 11 is 5.93. The molecule has 0 unspecified atom stereocenters. The summed E-state index contributed by atoms with van der Waals surface area (Å²) in [4.78, 5) is 29.7. The highest BCUT2D eigenvalue weighted by Crippen LogP contribution is 2.31. The van der Waals surface area contributed by atoms with Crippen LogP contribution in [0.4, 0.5) is 5.69 Å². The van der Waals surface area contributed by atoms with Gasteiger partial charge in [-0.25, -0.2) is 0 Å². The van der Waals surface area contributed by atoms with Crippen LogP contribution >= 0.6 is 11.6 Å². The largest absolute Gasteiger partial charge is 0.506 e. The molecule has 0 radical (unpaired) electrons. The molecule has 2 amide bonds. The maximum atomic E-state index is 13.0. The van der Waals surface area contributed by atoms with Crippen molar-refractivity contribution in [2.75, 3.05) is 38.0 Å². The number of aromatic hydroxyl groups is 1. The number of hydrogen-bond acceptors (Lipinski definition) is 4. The van der Waals surface area contributed by atoms with Gasteiger partial charge in [-0.1, -0.05) is 54.1 Å². The first-order valence-corrected chi connectivity index (χ1v) is 12.6. The molecule has 3 aromatic carbocycles. The summed E-state index contributed by atoms with van der Waals surface area (Å²) in [6.07, 6.45) is 2.67. The Bertz CT molecular complexity index is 1240. The third-order valence-electron chi connectivity index (χ3n) is 7.31. The molecule has 0 aromatic heterocycles. The number of nitrogens with one attached hydrogen (secondary N) is 1. The number of benzene rings is 3. The number of halogens is 1. The molecule has 35 heavy (non-hydrogen) atoms. The van der Waals surface area contributed by atoms with Crippen molar-refractivity contribution in [3.8, 4) is 5.75 Å². The third kappa shape index (κ3) is 5.44. The number of phenols is 1. The van der Waals surface area contributed by atoms with Gasteiger partial charge in [0, 0.05) is 25.3 Å². The van der Waals surface area contributed by atoms with Crippen LogP contribution in [-0.2, 0) is 9.59 Å². The molecule has 0 spiro atoms. The van der Waals surface area contributed by atoms with Crippen molar-refractivity contribution in [3.05, 3.63) is 71.2 Å². The van der Waals surface area contributed by atoms with Crippen LogP contribution in [0.2, 0.25) is 5.02 Å². The van der Waals surface area contributed by atoms with E-state index in [-0.39, 0.29) is 28.5 Å². The van der Waals surface area contributed by atoms with Crippen LogP contribution in [-0.4, -0.2) is 59.4 Å². The molecule has 0 aliphatic carbocycles. The van der Waals surface area contributed by atoms with Crippen LogP contribution in [0.3, 0.4) is 0 Å². The van der Waals surface area contributed by atoms with Gasteiger partial charge in [-0.2, -0.15) is 0 Å². The number of nitrogens with zero attached hydrogens (tertiary/aromatic N) is 2. The molecule has 2 heterocycles. The van der Waals surface area contributed by atoms with E-state index in [1.165, 1.54) is 28.5 Å². The second-order valence-electron chi connectivity index (χ2n) is 9.64. The lowest BCUT2D eigenvalue weighted by molar-refractivity contribution is -0.133. The normalized spacial score (nSPS) is 19.2. The zero-order chi connectivity index (χ0) is 24.4. The van der Waals surface area contributed by atoms with Crippen molar-refractivity contribution in [1.82, 2.24) is 9.80 Å². The van der Waals surface area contributed by atoms with Crippen LogP contribution in [0.25, 0.3) is 10.8 Å². The molecule has 182 valence electrons. The van der Waals surface area contributed by atoms with E-state index < -0.39 is 0 Å². The summed E-state index contributed by atoms with van der Waals surface area (Å²) in [7, 11) is 0. The Morgan fingerprint density at radius 1 is 0.943 bits per heavy atom. The van der Waals surface area contributed by atoms with Crippen molar-refractivity contribution in [2.24, 2.45) is 5.92 Å². The first kappa shape index (κ1) is 23.6. The van der Waals surface area contributed by atoms with Gasteiger partial charge in [-0.15, -0.1) is 0 Å². The molecule has 2 fully saturated rings. The molecule has 2 aliphatic rings. The molecule has 5 rings (SSSR count). The van der Waals surface area contributed by atoms with Crippen molar-refractivity contribution >= 4 is 39.9 Å². The SMILES string of the molecule is O=C(Nc1ccc(O)c(Cl)c1)[C@@H]1CCN(CC(=O)N2CCC(c3ccc4ccccc4c3)CC2)C1. The Morgan fingerprint density at radius 2 is 1.71 bits per heavy atom. The van der Waals surface area contributed by atoms with Gasteiger partial charge >= 0.3 is 0 Å². The minimum atomic E-state index is -0.172. The van der Waals surface area contributed by atoms with Crippen molar-refractivity contribution in [3.63, 3.8) is 0 Å². The van der Waals surface area contributed by atoms with Crippen LogP contribution in [0.1, 0.15) is 30.7 Å². The maximum Gasteiger partial charge on any atom is 0.236 e. The van der Waals surface area contributed by atoms with Gasteiger partial charge in [0.05, 0.1) is 17.5 Å². The number of anilines is 1. The van der Waals surface area contributed by atoms with Crippen LogP contribution in [0.15, 0.2) is 60.7 Å². The summed E-state index contributed by atoms with van der Waals surface area (Å²) in [6, 6.07) is 19.8. The average Bonchev–Trinajstić information content (AvgIpc) is 3.35. The predicted molar refractivity (Wildman–Crippen MR) is 139 cm³/mol. The second-order valence-corrected chi connectivity index (χ2v) is 10.0. The van der Waals surface area contributed by atoms with Gasteiger partial charge in [0.2, 0.25) is 11.8 Å². The molecule has 6 nitrogen and oxygen atoms in total. The molecule has 0 bridgehead atoms. The summed E-state index contributed by atoms with van der Waals surface area (Å²) in [5.74, 6) is 0.355. The first-order valence-electron chi connectivity index (χ1n) is 12.2. The van der Waals surface area contributed by atoms with Gasteiger partial charge in [0.1, 0.15) is 5.75 Å². The predicted octanol–water partition coefficient (Wildman–Crippen LogP) is 4.87. The number of hydrogen-bond donors (Lipinski definition) is 2. The molecule has 1 atom stereocenters. The van der Waals surface area contributed by atoms with Crippen molar-refractivity contribution < 1.29 is 14.7 Å². The zero-order valence-electron chi connectivity index (χ0n) is 19.6. The van der Waals surface area contributed by atoms with E-state index >= 15 is 0 Å². The van der Waals surface area contributed by atoms with E-state index in [1.54, 1.807) is 6.07 Å². The molecule has 2 aliphatic heterocycles. The fraction of sp³-hybridized carbons (Fsp3) is 0.357. The van der Waals surface area contributed by atoms with Gasteiger partial charge < -0.3 is 15.3 Å². The Kier molecular flexibility index (Phi) is 6.93. The maximum absolute atomic E-state index is 13.0. The molecule has 2 saturated heterocycles. The lowest BCUT2D eigenvalue weighted by Gasteiger charge is -2.33. The quantitative estimate of drug-likeness (QED) is 0.500. The summed E-state index contributed by atoms with van der Waals surface area (Å²) in [5, 5.41) is 15.1. The Hall–Kier alpha value is -3.09. The number of piperidine rings is 1. The molecular formula is C28H30ClN3O3. The van der Waals surface area contributed by atoms with Crippen LogP contribution < -0.4 is 5.32 Å². The average molecular weight is 492 g/mol. The molecule has 0 saturated carbocycles. The fourth-order valence-electron chi connectivity index (χ4n) is 5.23. The number of amides is 2. The molecule has 3 aromatic rings. The van der Waals surface area contributed by atoms with Gasteiger partial charge in [-0.05, 0) is 66.3 Å². The van der Waals surface area contributed by atoms with Gasteiger partial charge in [-0.3, -0.25) is 14.5 Å². The number of fused-ring (bicyclic) bond motifs is 1. The number of phenolic OH excluding ortho intramolecular Hbond substituents is 1. The first-order chi connectivity index (χ1) is 17.0. The van der Waals surface area contributed by atoms with Gasteiger partial charge in [0.15, 0.2) is 0 Å². The van der Waals surface area contributed by atoms with Crippen molar-refractivity contribution in [1.29, 1.82) is 0 Å². The van der Waals surface area contributed by atoms with E-state index in [0.29, 0.717) is 24.7 Å². The van der Waals surface area contributed by atoms with Gasteiger partial charge in [0.25, 0.3) is 0 Å². The number of likely N-dealkylation sites (tertiary alicyclic amines) is 2.